The molecular formula is C17H24O6. The minimum absolute atomic E-state index is 0.0381. The third-order valence-electron chi connectivity index (χ3n) is 3.20. The van der Waals surface area contributed by atoms with E-state index in [1.54, 1.807) is 7.11 Å². The number of carboxylic acid groups (broad SMARTS) is 1. The van der Waals surface area contributed by atoms with E-state index in [4.69, 9.17) is 19.3 Å². The number of carbonyl (C=O) groups is 2. The monoisotopic (exact) mass is 324 g/mol. The van der Waals surface area contributed by atoms with Crippen LogP contribution in [0.4, 0.5) is 0 Å². The van der Waals surface area contributed by atoms with Crippen LogP contribution in [-0.4, -0.2) is 57.0 Å². The second-order valence-corrected chi connectivity index (χ2v) is 5.02. The first-order valence-electron chi connectivity index (χ1n) is 7.66. The van der Waals surface area contributed by atoms with E-state index in [0.717, 1.165) is 25.9 Å². The summed E-state index contributed by atoms with van der Waals surface area (Å²) < 4.78 is 15.6. The predicted octanol–water partition coefficient (Wildman–Crippen LogP) is 2.42. The second kappa shape index (κ2) is 11.8. The number of hydrogen-bond acceptors (Lipinski definition) is 5. The van der Waals surface area contributed by atoms with Crippen molar-refractivity contribution >= 4 is 11.8 Å². The summed E-state index contributed by atoms with van der Waals surface area (Å²) >= 11 is 0. The molecule has 0 aliphatic carbocycles. The molecule has 23 heavy (non-hydrogen) atoms. The maximum atomic E-state index is 11.8. The van der Waals surface area contributed by atoms with E-state index in [1.807, 2.05) is 0 Å². The van der Waals surface area contributed by atoms with Crippen molar-refractivity contribution in [3.63, 3.8) is 0 Å². The number of aromatic carboxylic acids is 1. The maximum Gasteiger partial charge on any atom is 0.335 e. The fourth-order valence-electron chi connectivity index (χ4n) is 1.89. The number of Topliss-reactive ketones (excluding diaryl/α,β-unsaturated/α-hetero) is 1. The Bertz CT molecular complexity index is 468. The lowest BCUT2D eigenvalue weighted by molar-refractivity contribution is 0.0426. The number of ketones is 1. The van der Waals surface area contributed by atoms with Crippen LogP contribution in [0.3, 0.4) is 0 Å². The Kier molecular flexibility index (Phi) is 9.86. The molecule has 6 heteroatoms. The Balaban J connectivity index is 2.07. The van der Waals surface area contributed by atoms with Crippen molar-refractivity contribution in [2.45, 2.75) is 19.3 Å². The van der Waals surface area contributed by atoms with Gasteiger partial charge in [-0.05, 0) is 31.4 Å². The molecule has 0 aromatic heterocycles. The molecule has 1 aromatic rings. The molecular weight excluding hydrogens is 300 g/mol. The van der Waals surface area contributed by atoms with Gasteiger partial charge in [-0.2, -0.15) is 0 Å². The minimum Gasteiger partial charge on any atom is -0.478 e. The fourth-order valence-corrected chi connectivity index (χ4v) is 1.89. The van der Waals surface area contributed by atoms with E-state index in [-0.39, 0.29) is 18.0 Å². The summed E-state index contributed by atoms with van der Waals surface area (Å²) in [7, 11) is 1.69. The molecule has 1 aromatic carbocycles. The van der Waals surface area contributed by atoms with Gasteiger partial charge in [0, 0.05) is 25.9 Å². The van der Waals surface area contributed by atoms with Gasteiger partial charge in [-0.1, -0.05) is 12.1 Å². The Morgan fingerprint density at radius 2 is 1.48 bits per heavy atom. The van der Waals surface area contributed by atoms with E-state index in [9.17, 15) is 9.59 Å². The predicted molar refractivity (Wildman–Crippen MR) is 85.1 cm³/mol. The summed E-state index contributed by atoms with van der Waals surface area (Å²) in [5, 5.41) is 8.79. The first-order chi connectivity index (χ1) is 11.1. The van der Waals surface area contributed by atoms with Gasteiger partial charge in [0.1, 0.15) is 6.61 Å². The normalized spacial score (nSPS) is 10.7. The maximum absolute atomic E-state index is 11.8. The highest BCUT2D eigenvalue weighted by molar-refractivity contribution is 5.98. The number of ether oxygens (including phenoxy) is 3. The van der Waals surface area contributed by atoms with Gasteiger partial charge in [-0.25, -0.2) is 4.79 Å². The molecule has 0 amide bonds. The van der Waals surface area contributed by atoms with Crippen LogP contribution in [0.25, 0.3) is 0 Å². The van der Waals surface area contributed by atoms with Gasteiger partial charge in [0.2, 0.25) is 0 Å². The smallest absolute Gasteiger partial charge is 0.335 e. The molecule has 0 saturated carbocycles. The van der Waals surface area contributed by atoms with Crippen molar-refractivity contribution in [1.82, 2.24) is 0 Å². The van der Waals surface area contributed by atoms with Crippen LogP contribution in [-0.2, 0) is 14.2 Å². The summed E-state index contributed by atoms with van der Waals surface area (Å²) in [5.74, 6) is -1.19. The number of methoxy groups -OCH3 is 1. The third-order valence-corrected chi connectivity index (χ3v) is 3.20. The third kappa shape index (κ3) is 8.44. The van der Waals surface area contributed by atoms with Gasteiger partial charge < -0.3 is 19.3 Å². The molecule has 0 aliphatic heterocycles. The number of unbranched alkanes of at least 4 members (excludes halogenated alkanes) is 2. The van der Waals surface area contributed by atoms with E-state index in [2.05, 4.69) is 0 Å². The van der Waals surface area contributed by atoms with Crippen LogP contribution in [0.2, 0.25) is 0 Å². The van der Waals surface area contributed by atoms with Crippen LogP contribution in [0.15, 0.2) is 24.3 Å². The van der Waals surface area contributed by atoms with Crippen LogP contribution in [0.5, 0.6) is 0 Å². The van der Waals surface area contributed by atoms with Crippen LogP contribution in [0.1, 0.15) is 40.0 Å². The van der Waals surface area contributed by atoms with Crippen LogP contribution < -0.4 is 0 Å². The molecule has 0 heterocycles. The van der Waals surface area contributed by atoms with Crippen molar-refractivity contribution < 1.29 is 28.9 Å². The van der Waals surface area contributed by atoms with Crippen molar-refractivity contribution in [3.8, 4) is 0 Å². The Hall–Kier alpha value is -1.76. The van der Waals surface area contributed by atoms with Crippen LogP contribution in [0, 0.1) is 0 Å². The molecule has 0 spiro atoms. The van der Waals surface area contributed by atoms with Gasteiger partial charge in [-0.3, -0.25) is 4.79 Å². The Morgan fingerprint density at radius 1 is 0.870 bits per heavy atom. The highest BCUT2D eigenvalue weighted by atomic mass is 16.5. The van der Waals surface area contributed by atoms with Gasteiger partial charge in [0.05, 0.1) is 18.8 Å². The zero-order valence-electron chi connectivity index (χ0n) is 13.5. The molecule has 0 bridgehead atoms. The topological polar surface area (TPSA) is 82.1 Å². The van der Waals surface area contributed by atoms with Gasteiger partial charge in [-0.15, -0.1) is 0 Å². The molecule has 0 saturated heterocycles. The largest absolute Gasteiger partial charge is 0.478 e. The SMILES string of the molecule is COCCCCCOCCOCC(=O)c1ccc(C(=O)O)cc1. The number of hydrogen-bond donors (Lipinski definition) is 1. The highest BCUT2D eigenvalue weighted by Gasteiger charge is 2.08. The number of benzene rings is 1. The molecule has 0 aliphatic rings. The lowest BCUT2D eigenvalue weighted by Gasteiger charge is -2.06. The fraction of sp³-hybridized carbons (Fsp3) is 0.529. The minimum atomic E-state index is -1.01. The molecule has 6 nitrogen and oxygen atoms in total. The van der Waals surface area contributed by atoms with Gasteiger partial charge in [0.25, 0.3) is 0 Å². The van der Waals surface area contributed by atoms with E-state index < -0.39 is 5.97 Å². The Labute approximate surface area is 136 Å². The number of rotatable bonds is 13. The molecule has 0 unspecified atom stereocenters. The standard InChI is InChI=1S/C17H24O6/c1-21-9-3-2-4-10-22-11-12-23-13-16(18)14-5-7-15(8-6-14)17(19)20/h5-8H,2-4,9-13H2,1H3,(H,19,20). The quantitative estimate of drug-likeness (QED) is 0.443. The van der Waals surface area contributed by atoms with E-state index in [1.165, 1.54) is 24.3 Å². The van der Waals surface area contributed by atoms with Crippen molar-refractivity contribution in [2.24, 2.45) is 0 Å². The molecule has 0 fully saturated rings. The molecule has 128 valence electrons. The highest BCUT2D eigenvalue weighted by Crippen LogP contribution is 2.05. The zero-order valence-corrected chi connectivity index (χ0v) is 13.5. The molecule has 0 atom stereocenters. The summed E-state index contributed by atoms with van der Waals surface area (Å²) in [5.41, 5.74) is 0.593. The number of carbonyl (C=O) groups excluding carboxylic acids is 1. The summed E-state index contributed by atoms with van der Waals surface area (Å²) in [4.78, 5) is 22.6. The first kappa shape index (κ1) is 19.3. The summed E-state index contributed by atoms with van der Waals surface area (Å²) in [6.45, 7) is 2.23. The van der Waals surface area contributed by atoms with Crippen molar-refractivity contribution in [1.29, 1.82) is 0 Å². The number of carboxylic acids is 1. The lowest BCUT2D eigenvalue weighted by atomic mass is 10.1. The molecule has 0 radical (unpaired) electrons. The average Bonchev–Trinajstić information content (AvgIpc) is 2.56. The summed E-state index contributed by atoms with van der Waals surface area (Å²) in [6, 6.07) is 5.79. The zero-order chi connectivity index (χ0) is 16.9. The van der Waals surface area contributed by atoms with Crippen molar-refractivity contribution in [2.75, 3.05) is 40.1 Å². The summed E-state index contributed by atoms with van der Waals surface area (Å²) in [6.07, 6.45) is 3.09. The Morgan fingerprint density at radius 3 is 2.13 bits per heavy atom. The van der Waals surface area contributed by atoms with Gasteiger partial charge >= 0.3 is 5.97 Å². The molecule has 1 N–H and O–H groups in total. The average molecular weight is 324 g/mol. The first-order valence-corrected chi connectivity index (χ1v) is 7.66. The van der Waals surface area contributed by atoms with Gasteiger partial charge in [0.15, 0.2) is 5.78 Å². The molecule has 1 rings (SSSR count). The van der Waals surface area contributed by atoms with Crippen molar-refractivity contribution in [3.05, 3.63) is 35.4 Å². The van der Waals surface area contributed by atoms with E-state index >= 15 is 0 Å². The second-order valence-electron chi connectivity index (χ2n) is 5.02. The van der Waals surface area contributed by atoms with Crippen LogP contribution >= 0.6 is 0 Å². The van der Waals surface area contributed by atoms with E-state index in [0.29, 0.717) is 25.4 Å². The lowest BCUT2D eigenvalue weighted by Crippen LogP contribution is -2.13.